The molecule has 0 saturated carbocycles. The van der Waals surface area contributed by atoms with Crippen LogP contribution in [-0.2, 0) is 20.0 Å². The quantitative estimate of drug-likeness (QED) is 0.759. The Bertz CT molecular complexity index is 716. The van der Waals surface area contributed by atoms with Crippen molar-refractivity contribution in [1.29, 1.82) is 0 Å². The Morgan fingerprint density at radius 3 is 2.57 bits per heavy atom. The van der Waals surface area contributed by atoms with Gasteiger partial charge in [-0.25, -0.2) is 22.0 Å². The van der Waals surface area contributed by atoms with Gasteiger partial charge in [0, 0.05) is 13.1 Å². The molecule has 2 rings (SSSR count). The minimum Gasteiger partial charge on any atom is -0.319 e. The molecule has 0 aliphatic carbocycles. The molecule has 0 aromatic heterocycles. The summed E-state index contributed by atoms with van der Waals surface area (Å²) in [6, 6.07) is 5.15. The standard InChI is InChI=1S/C12H19N3O4S2/c1-14-8-10-5-6-15(9-10)21(18,19)12-4-2-3-11(7-12)20(13,16)17/h2-4,7,10,14H,5-6,8-9H2,1H3,(H2,13,16,17). The van der Waals surface area contributed by atoms with Crippen LogP contribution in [-0.4, -0.2) is 47.8 Å². The molecule has 7 nitrogen and oxygen atoms in total. The summed E-state index contributed by atoms with van der Waals surface area (Å²) in [6.45, 7) is 1.63. The van der Waals surface area contributed by atoms with Gasteiger partial charge >= 0.3 is 0 Å². The minimum absolute atomic E-state index is 0.0425. The molecule has 1 fully saturated rings. The van der Waals surface area contributed by atoms with Crippen molar-refractivity contribution < 1.29 is 16.8 Å². The van der Waals surface area contributed by atoms with Crippen molar-refractivity contribution in [3.05, 3.63) is 24.3 Å². The lowest BCUT2D eigenvalue weighted by atomic mass is 10.1. The summed E-state index contributed by atoms with van der Waals surface area (Å²) >= 11 is 0. The number of nitrogens with one attached hydrogen (secondary N) is 1. The zero-order valence-electron chi connectivity index (χ0n) is 11.7. The van der Waals surface area contributed by atoms with E-state index in [1.807, 2.05) is 7.05 Å². The van der Waals surface area contributed by atoms with Crippen LogP contribution in [0.1, 0.15) is 6.42 Å². The van der Waals surface area contributed by atoms with Crippen LogP contribution in [0.15, 0.2) is 34.1 Å². The third-order valence-electron chi connectivity index (χ3n) is 3.51. The molecular formula is C12H19N3O4S2. The zero-order valence-corrected chi connectivity index (χ0v) is 13.3. The summed E-state index contributed by atoms with van der Waals surface area (Å²) in [4.78, 5) is -0.242. The van der Waals surface area contributed by atoms with Crippen LogP contribution in [0.4, 0.5) is 0 Å². The van der Waals surface area contributed by atoms with Crippen molar-refractivity contribution in [3.8, 4) is 0 Å². The largest absolute Gasteiger partial charge is 0.319 e. The molecule has 1 aromatic carbocycles. The molecule has 0 spiro atoms. The van der Waals surface area contributed by atoms with Gasteiger partial charge in [0.1, 0.15) is 0 Å². The average Bonchev–Trinajstić information content (AvgIpc) is 2.88. The van der Waals surface area contributed by atoms with Gasteiger partial charge in [0.05, 0.1) is 9.79 Å². The van der Waals surface area contributed by atoms with Gasteiger partial charge in [-0.2, -0.15) is 4.31 Å². The maximum absolute atomic E-state index is 12.5. The van der Waals surface area contributed by atoms with Crippen molar-refractivity contribution >= 4 is 20.0 Å². The first-order chi connectivity index (χ1) is 9.75. The van der Waals surface area contributed by atoms with Crippen LogP contribution in [0.25, 0.3) is 0 Å². The van der Waals surface area contributed by atoms with Crippen LogP contribution < -0.4 is 10.5 Å². The van der Waals surface area contributed by atoms with E-state index in [1.165, 1.54) is 22.5 Å². The Hall–Kier alpha value is -1.00. The van der Waals surface area contributed by atoms with Gasteiger partial charge in [-0.15, -0.1) is 0 Å². The van der Waals surface area contributed by atoms with E-state index in [2.05, 4.69) is 5.32 Å². The predicted octanol–water partition coefficient (Wildman–Crippen LogP) is -0.436. The summed E-state index contributed by atoms with van der Waals surface area (Å²) in [5, 5.41) is 8.07. The van der Waals surface area contributed by atoms with Crippen molar-refractivity contribution in [2.75, 3.05) is 26.7 Å². The van der Waals surface area contributed by atoms with E-state index >= 15 is 0 Å². The molecule has 1 atom stereocenters. The highest BCUT2D eigenvalue weighted by Gasteiger charge is 2.32. The number of sulfonamides is 2. The fourth-order valence-electron chi connectivity index (χ4n) is 2.43. The van der Waals surface area contributed by atoms with Gasteiger partial charge in [0.25, 0.3) is 0 Å². The number of hydrogen-bond acceptors (Lipinski definition) is 5. The molecule has 1 unspecified atom stereocenters. The number of benzene rings is 1. The van der Waals surface area contributed by atoms with E-state index in [0.29, 0.717) is 13.1 Å². The first kappa shape index (κ1) is 16.4. The van der Waals surface area contributed by atoms with E-state index < -0.39 is 20.0 Å². The van der Waals surface area contributed by atoms with Crippen molar-refractivity contribution in [3.63, 3.8) is 0 Å². The van der Waals surface area contributed by atoms with Crippen molar-refractivity contribution in [2.45, 2.75) is 16.2 Å². The fourth-order valence-corrected chi connectivity index (χ4v) is 4.64. The van der Waals surface area contributed by atoms with Crippen LogP contribution in [0, 0.1) is 5.92 Å². The first-order valence-corrected chi connectivity index (χ1v) is 9.51. The minimum atomic E-state index is -3.92. The molecule has 1 aliphatic heterocycles. The second kappa shape index (κ2) is 6.01. The normalized spacial score (nSPS) is 20.8. The molecule has 0 bridgehead atoms. The Balaban J connectivity index is 2.29. The van der Waals surface area contributed by atoms with E-state index in [9.17, 15) is 16.8 Å². The Labute approximate surface area is 125 Å². The molecule has 0 radical (unpaired) electrons. The van der Waals surface area contributed by atoms with E-state index in [-0.39, 0.29) is 15.7 Å². The highest BCUT2D eigenvalue weighted by Crippen LogP contribution is 2.25. The monoisotopic (exact) mass is 333 g/mol. The van der Waals surface area contributed by atoms with Crippen LogP contribution in [0.3, 0.4) is 0 Å². The third kappa shape index (κ3) is 3.61. The highest BCUT2D eigenvalue weighted by atomic mass is 32.2. The van der Waals surface area contributed by atoms with E-state index in [1.54, 1.807) is 0 Å². The first-order valence-electron chi connectivity index (χ1n) is 6.53. The smallest absolute Gasteiger partial charge is 0.243 e. The van der Waals surface area contributed by atoms with Crippen LogP contribution >= 0.6 is 0 Å². The van der Waals surface area contributed by atoms with Crippen LogP contribution in [0.5, 0.6) is 0 Å². The van der Waals surface area contributed by atoms with Gasteiger partial charge in [-0.05, 0) is 44.1 Å². The number of primary sulfonamides is 1. The zero-order chi connectivity index (χ0) is 15.7. The molecule has 1 saturated heterocycles. The fraction of sp³-hybridized carbons (Fsp3) is 0.500. The average molecular weight is 333 g/mol. The second-order valence-electron chi connectivity index (χ2n) is 5.10. The molecule has 1 aliphatic rings. The summed E-state index contributed by atoms with van der Waals surface area (Å²) < 4.78 is 49.1. The van der Waals surface area contributed by atoms with E-state index in [0.717, 1.165) is 19.0 Å². The number of hydrogen-bond donors (Lipinski definition) is 2. The maximum Gasteiger partial charge on any atom is 0.243 e. The highest BCUT2D eigenvalue weighted by molar-refractivity contribution is 7.90. The predicted molar refractivity (Wildman–Crippen MR) is 78.6 cm³/mol. The SMILES string of the molecule is CNCC1CCN(S(=O)(=O)c2cccc(S(N)(=O)=O)c2)C1. The van der Waals surface area contributed by atoms with Crippen LogP contribution in [0.2, 0.25) is 0 Å². The summed E-state index contributed by atoms with van der Waals surface area (Å²) in [5.41, 5.74) is 0. The van der Waals surface area contributed by atoms with Crippen molar-refractivity contribution in [1.82, 2.24) is 9.62 Å². The molecule has 1 heterocycles. The summed E-state index contributed by atoms with van der Waals surface area (Å²) in [5.74, 6) is 0.270. The van der Waals surface area contributed by atoms with Gasteiger partial charge in [0.15, 0.2) is 0 Å². The molecule has 21 heavy (non-hydrogen) atoms. The van der Waals surface area contributed by atoms with Gasteiger partial charge in [-0.3, -0.25) is 0 Å². The van der Waals surface area contributed by atoms with Gasteiger partial charge in [-0.1, -0.05) is 6.07 Å². The number of rotatable bonds is 5. The lowest BCUT2D eigenvalue weighted by Crippen LogP contribution is -2.30. The Morgan fingerprint density at radius 2 is 1.95 bits per heavy atom. The Morgan fingerprint density at radius 1 is 1.29 bits per heavy atom. The van der Waals surface area contributed by atoms with Gasteiger partial charge in [0.2, 0.25) is 20.0 Å². The summed E-state index contributed by atoms with van der Waals surface area (Å²) in [6.07, 6.45) is 0.787. The molecule has 0 amide bonds. The molecule has 9 heteroatoms. The topological polar surface area (TPSA) is 110 Å². The third-order valence-corrected chi connectivity index (χ3v) is 6.29. The lowest BCUT2D eigenvalue weighted by Gasteiger charge is -2.17. The molecule has 118 valence electrons. The molecular weight excluding hydrogens is 314 g/mol. The lowest BCUT2D eigenvalue weighted by molar-refractivity contribution is 0.451. The Kier molecular flexibility index (Phi) is 4.69. The number of nitrogens with zero attached hydrogens (tertiary/aromatic N) is 1. The van der Waals surface area contributed by atoms with E-state index in [4.69, 9.17) is 5.14 Å². The number of nitrogens with two attached hydrogens (primary N) is 1. The van der Waals surface area contributed by atoms with Crippen molar-refractivity contribution in [2.24, 2.45) is 11.1 Å². The maximum atomic E-state index is 12.5. The summed E-state index contributed by atoms with van der Waals surface area (Å²) in [7, 11) is -5.78. The molecule has 3 N–H and O–H groups in total. The molecule has 1 aromatic rings. The second-order valence-corrected chi connectivity index (χ2v) is 8.59. The van der Waals surface area contributed by atoms with Gasteiger partial charge < -0.3 is 5.32 Å².